The number of aryl methyl sites for hydroxylation is 1. The first kappa shape index (κ1) is 20.4. The highest BCUT2D eigenvalue weighted by Gasteiger charge is 2.29. The number of amides is 2. The first-order chi connectivity index (χ1) is 14.0. The van der Waals surface area contributed by atoms with E-state index in [-0.39, 0.29) is 17.7 Å². The summed E-state index contributed by atoms with van der Waals surface area (Å²) < 4.78 is 0. The van der Waals surface area contributed by atoms with Crippen molar-refractivity contribution in [1.29, 1.82) is 0 Å². The molecule has 1 aromatic rings. The summed E-state index contributed by atoms with van der Waals surface area (Å²) in [5.74, 6) is 0.288. The predicted molar refractivity (Wildman–Crippen MR) is 115 cm³/mol. The Morgan fingerprint density at radius 2 is 1.76 bits per heavy atom. The largest absolute Gasteiger partial charge is 0.369 e. The number of piperidine rings is 1. The number of anilines is 1. The van der Waals surface area contributed by atoms with Crippen LogP contribution in [0, 0.1) is 12.8 Å². The average Bonchev–Trinajstić information content (AvgIpc) is 2.70. The van der Waals surface area contributed by atoms with Gasteiger partial charge < -0.3 is 10.6 Å². The molecule has 158 valence electrons. The number of nitrogens with zero attached hydrogens (tertiary/aromatic N) is 2. The molecule has 0 aromatic heterocycles. The highest BCUT2D eigenvalue weighted by molar-refractivity contribution is 6.01. The Morgan fingerprint density at radius 3 is 2.41 bits per heavy atom. The highest BCUT2D eigenvalue weighted by Crippen LogP contribution is 2.30. The van der Waals surface area contributed by atoms with Crippen molar-refractivity contribution < 1.29 is 9.59 Å². The van der Waals surface area contributed by atoms with E-state index in [0.29, 0.717) is 18.9 Å². The Balaban J connectivity index is 1.33. The van der Waals surface area contributed by atoms with Gasteiger partial charge in [-0.3, -0.25) is 19.8 Å². The van der Waals surface area contributed by atoms with Gasteiger partial charge in [-0.15, -0.1) is 0 Å². The van der Waals surface area contributed by atoms with Crippen LogP contribution >= 0.6 is 0 Å². The Bertz CT molecular complexity index is 749. The number of rotatable bonds is 4. The Morgan fingerprint density at radius 1 is 1.03 bits per heavy atom. The number of carbonyl (C=O) groups excluding carboxylic acids is 2. The van der Waals surface area contributed by atoms with Crippen LogP contribution in [0.4, 0.5) is 5.69 Å². The number of nitrogens with two attached hydrogens (primary N) is 1. The second-order valence-electron chi connectivity index (χ2n) is 9.12. The van der Waals surface area contributed by atoms with E-state index in [1.165, 1.54) is 43.5 Å². The van der Waals surface area contributed by atoms with Crippen LogP contribution in [0.1, 0.15) is 55.6 Å². The Labute approximate surface area is 173 Å². The molecule has 0 bridgehead atoms. The number of hydrogen-bond donors (Lipinski definition) is 2. The maximum Gasteiger partial charge on any atom is 0.234 e. The van der Waals surface area contributed by atoms with E-state index in [0.717, 1.165) is 37.7 Å². The van der Waals surface area contributed by atoms with Crippen LogP contribution in [0.15, 0.2) is 18.2 Å². The molecule has 1 unspecified atom stereocenters. The van der Waals surface area contributed by atoms with Crippen molar-refractivity contribution in [1.82, 2.24) is 10.2 Å². The minimum Gasteiger partial charge on any atom is -0.369 e. The lowest BCUT2D eigenvalue weighted by Gasteiger charge is -2.39. The maximum absolute atomic E-state index is 12.2. The standard InChI is InChI=1S/C23H34N4O2/c1-16-14-18(20-7-9-22(28)25-23(20)29)4-8-21(16)27-12-10-26(11-13-27)15-17-2-5-19(24)6-3-17/h4,8,14,17,19-20H,2-3,5-7,9-13,15,24H2,1H3,(H,25,28,29). The lowest BCUT2D eigenvalue weighted by molar-refractivity contribution is -0.134. The first-order valence-electron chi connectivity index (χ1n) is 11.2. The van der Waals surface area contributed by atoms with E-state index < -0.39 is 0 Å². The van der Waals surface area contributed by atoms with Gasteiger partial charge in [0, 0.05) is 50.9 Å². The maximum atomic E-state index is 12.2. The van der Waals surface area contributed by atoms with E-state index in [4.69, 9.17) is 5.73 Å². The van der Waals surface area contributed by atoms with E-state index in [2.05, 4.69) is 40.2 Å². The van der Waals surface area contributed by atoms with Crippen LogP contribution < -0.4 is 16.0 Å². The molecule has 1 atom stereocenters. The Kier molecular flexibility index (Phi) is 6.20. The summed E-state index contributed by atoms with van der Waals surface area (Å²) in [7, 11) is 0. The normalized spacial score (nSPS) is 29.0. The second-order valence-corrected chi connectivity index (χ2v) is 9.12. The summed E-state index contributed by atoms with van der Waals surface area (Å²) in [6, 6.07) is 6.79. The molecule has 3 N–H and O–H groups in total. The minimum absolute atomic E-state index is 0.159. The number of hydrogen-bond acceptors (Lipinski definition) is 5. The number of piperazine rings is 1. The lowest BCUT2D eigenvalue weighted by atomic mass is 9.86. The molecule has 2 heterocycles. The van der Waals surface area contributed by atoms with Gasteiger partial charge in [-0.05, 0) is 62.1 Å². The van der Waals surface area contributed by atoms with Gasteiger partial charge in [0.05, 0.1) is 5.92 Å². The molecule has 6 heteroatoms. The summed E-state index contributed by atoms with van der Waals surface area (Å²) in [6.45, 7) is 7.65. The molecule has 3 fully saturated rings. The number of benzene rings is 1. The van der Waals surface area contributed by atoms with Crippen LogP contribution in [0.5, 0.6) is 0 Å². The number of carbonyl (C=O) groups is 2. The molecule has 0 spiro atoms. The third-order valence-corrected chi connectivity index (χ3v) is 6.98. The third-order valence-electron chi connectivity index (χ3n) is 6.98. The highest BCUT2D eigenvalue weighted by atomic mass is 16.2. The molecule has 1 aliphatic carbocycles. The summed E-state index contributed by atoms with van der Waals surface area (Å²) in [5, 5.41) is 2.47. The van der Waals surface area contributed by atoms with Crippen molar-refractivity contribution in [3.63, 3.8) is 0 Å². The third kappa shape index (κ3) is 4.81. The van der Waals surface area contributed by atoms with Gasteiger partial charge in [0.1, 0.15) is 0 Å². The molecule has 6 nitrogen and oxygen atoms in total. The number of imide groups is 1. The Hall–Kier alpha value is -1.92. The van der Waals surface area contributed by atoms with Crippen LogP contribution in [-0.2, 0) is 9.59 Å². The van der Waals surface area contributed by atoms with Crippen molar-refractivity contribution >= 4 is 17.5 Å². The number of nitrogens with one attached hydrogen (secondary N) is 1. The van der Waals surface area contributed by atoms with Gasteiger partial charge in [0.25, 0.3) is 0 Å². The smallest absolute Gasteiger partial charge is 0.234 e. The van der Waals surface area contributed by atoms with E-state index in [1.54, 1.807) is 0 Å². The van der Waals surface area contributed by atoms with Crippen LogP contribution in [0.2, 0.25) is 0 Å². The first-order valence-corrected chi connectivity index (χ1v) is 11.2. The topological polar surface area (TPSA) is 78.7 Å². The molecule has 1 aromatic carbocycles. The molecule has 0 radical (unpaired) electrons. The second kappa shape index (κ2) is 8.84. The van der Waals surface area contributed by atoms with Crippen LogP contribution in [-0.4, -0.2) is 55.5 Å². The van der Waals surface area contributed by atoms with Gasteiger partial charge in [0.15, 0.2) is 0 Å². The molecule has 4 rings (SSSR count). The van der Waals surface area contributed by atoms with Gasteiger partial charge in [-0.2, -0.15) is 0 Å². The van der Waals surface area contributed by atoms with Crippen molar-refractivity contribution in [2.24, 2.45) is 11.7 Å². The van der Waals surface area contributed by atoms with Crippen molar-refractivity contribution in [3.8, 4) is 0 Å². The van der Waals surface area contributed by atoms with Gasteiger partial charge >= 0.3 is 0 Å². The molecular formula is C23H34N4O2. The zero-order valence-corrected chi connectivity index (χ0v) is 17.5. The fraction of sp³-hybridized carbons (Fsp3) is 0.652. The molecule has 1 saturated carbocycles. The predicted octanol–water partition coefficient (Wildman–Crippen LogP) is 2.15. The molecule has 29 heavy (non-hydrogen) atoms. The molecule has 2 aliphatic heterocycles. The summed E-state index contributed by atoms with van der Waals surface area (Å²) in [6.07, 6.45) is 5.96. The van der Waals surface area contributed by atoms with Crippen LogP contribution in [0.25, 0.3) is 0 Å². The van der Waals surface area contributed by atoms with Gasteiger partial charge in [-0.25, -0.2) is 0 Å². The molecule has 2 amide bonds. The fourth-order valence-electron chi connectivity index (χ4n) is 5.17. The van der Waals surface area contributed by atoms with Crippen molar-refractivity contribution in [2.75, 3.05) is 37.6 Å². The van der Waals surface area contributed by atoms with Gasteiger partial charge in [-0.1, -0.05) is 12.1 Å². The summed E-state index contributed by atoms with van der Waals surface area (Å²) in [5.41, 5.74) is 9.54. The van der Waals surface area contributed by atoms with Gasteiger partial charge in [0.2, 0.25) is 11.8 Å². The monoisotopic (exact) mass is 398 g/mol. The quantitative estimate of drug-likeness (QED) is 0.760. The van der Waals surface area contributed by atoms with E-state index in [1.807, 2.05) is 0 Å². The molecule has 2 saturated heterocycles. The van der Waals surface area contributed by atoms with Crippen molar-refractivity contribution in [2.45, 2.75) is 57.4 Å². The lowest BCUT2D eigenvalue weighted by Crippen LogP contribution is -2.48. The van der Waals surface area contributed by atoms with E-state index in [9.17, 15) is 9.59 Å². The summed E-state index contributed by atoms with van der Waals surface area (Å²) in [4.78, 5) is 28.6. The zero-order valence-electron chi connectivity index (χ0n) is 17.5. The minimum atomic E-state index is -0.207. The zero-order chi connectivity index (χ0) is 20.4. The molecule has 3 aliphatic rings. The van der Waals surface area contributed by atoms with E-state index >= 15 is 0 Å². The fourth-order valence-corrected chi connectivity index (χ4v) is 5.17. The van der Waals surface area contributed by atoms with Crippen molar-refractivity contribution in [3.05, 3.63) is 29.3 Å². The summed E-state index contributed by atoms with van der Waals surface area (Å²) >= 11 is 0. The average molecular weight is 399 g/mol. The molecular weight excluding hydrogens is 364 g/mol. The van der Waals surface area contributed by atoms with Crippen LogP contribution in [0.3, 0.4) is 0 Å². The SMILES string of the molecule is Cc1cc(C2CCC(=O)NC2=O)ccc1N1CCN(CC2CCC(N)CC2)CC1.